The Morgan fingerprint density at radius 3 is 2.87 bits per heavy atom. The molecule has 2 rings (SSSR count). The van der Waals surface area contributed by atoms with E-state index in [0.717, 1.165) is 19.5 Å². The van der Waals surface area contributed by atoms with Crippen LogP contribution in [0.3, 0.4) is 0 Å². The molecule has 0 saturated heterocycles. The summed E-state index contributed by atoms with van der Waals surface area (Å²) in [5.41, 5.74) is 6.37. The Kier molecular flexibility index (Phi) is 3.44. The van der Waals surface area contributed by atoms with Gasteiger partial charge in [0.2, 0.25) is 0 Å². The fourth-order valence-corrected chi connectivity index (χ4v) is 2.83. The first kappa shape index (κ1) is 11.1. The van der Waals surface area contributed by atoms with Crippen LogP contribution >= 0.6 is 11.3 Å². The SMILES string of the molecule is CN(CCC1(N)CCC1)Cc1cccs1. The molecule has 15 heavy (non-hydrogen) atoms. The van der Waals surface area contributed by atoms with Crippen molar-refractivity contribution in [1.29, 1.82) is 0 Å². The standard InChI is InChI=1S/C12H20N2S/c1-14(10-11-4-2-9-15-11)8-7-12(13)5-3-6-12/h2,4,9H,3,5-8,10,13H2,1H3. The van der Waals surface area contributed by atoms with E-state index in [1.807, 2.05) is 11.3 Å². The largest absolute Gasteiger partial charge is 0.325 e. The molecule has 0 spiro atoms. The first-order valence-electron chi connectivity index (χ1n) is 5.68. The van der Waals surface area contributed by atoms with E-state index in [1.54, 1.807) is 0 Å². The monoisotopic (exact) mass is 224 g/mol. The number of thiophene rings is 1. The van der Waals surface area contributed by atoms with Crippen molar-refractivity contribution >= 4 is 11.3 Å². The Morgan fingerprint density at radius 2 is 2.33 bits per heavy atom. The summed E-state index contributed by atoms with van der Waals surface area (Å²) in [5, 5.41) is 2.14. The minimum absolute atomic E-state index is 0.170. The molecule has 2 nitrogen and oxygen atoms in total. The first-order chi connectivity index (χ1) is 7.18. The molecule has 1 aliphatic carbocycles. The third-order valence-electron chi connectivity index (χ3n) is 3.35. The lowest BCUT2D eigenvalue weighted by Crippen LogP contribution is -2.48. The summed E-state index contributed by atoms with van der Waals surface area (Å²) >= 11 is 1.83. The number of nitrogens with two attached hydrogens (primary N) is 1. The van der Waals surface area contributed by atoms with Crippen LogP contribution in [0.2, 0.25) is 0 Å². The highest BCUT2D eigenvalue weighted by molar-refractivity contribution is 7.09. The first-order valence-corrected chi connectivity index (χ1v) is 6.56. The summed E-state index contributed by atoms with van der Waals surface area (Å²) in [4.78, 5) is 3.82. The minimum atomic E-state index is 0.170. The molecule has 3 heteroatoms. The van der Waals surface area contributed by atoms with Gasteiger partial charge in [-0.15, -0.1) is 11.3 Å². The van der Waals surface area contributed by atoms with Crippen molar-refractivity contribution in [1.82, 2.24) is 4.90 Å². The third kappa shape index (κ3) is 3.03. The van der Waals surface area contributed by atoms with Crippen molar-refractivity contribution in [3.63, 3.8) is 0 Å². The Bertz CT molecular complexity index is 291. The van der Waals surface area contributed by atoms with Crippen LogP contribution in [0.4, 0.5) is 0 Å². The molecule has 0 radical (unpaired) electrons. The Balaban J connectivity index is 1.70. The van der Waals surface area contributed by atoms with Gasteiger partial charge < -0.3 is 10.6 Å². The Morgan fingerprint density at radius 1 is 1.53 bits per heavy atom. The number of rotatable bonds is 5. The van der Waals surface area contributed by atoms with Gasteiger partial charge in [-0.25, -0.2) is 0 Å². The zero-order valence-corrected chi connectivity index (χ0v) is 10.2. The van der Waals surface area contributed by atoms with Gasteiger partial charge in [-0.3, -0.25) is 0 Å². The molecular weight excluding hydrogens is 204 g/mol. The van der Waals surface area contributed by atoms with Crippen molar-refractivity contribution in [3.05, 3.63) is 22.4 Å². The molecule has 0 bridgehead atoms. The van der Waals surface area contributed by atoms with Gasteiger partial charge in [0.1, 0.15) is 0 Å². The van der Waals surface area contributed by atoms with Gasteiger partial charge in [0, 0.05) is 17.0 Å². The molecule has 0 aromatic carbocycles. The van der Waals surface area contributed by atoms with Gasteiger partial charge in [0.15, 0.2) is 0 Å². The average molecular weight is 224 g/mol. The molecule has 1 aromatic rings. The third-order valence-corrected chi connectivity index (χ3v) is 4.21. The number of hydrogen-bond donors (Lipinski definition) is 1. The summed E-state index contributed by atoms with van der Waals surface area (Å²) in [6, 6.07) is 4.31. The minimum Gasteiger partial charge on any atom is -0.325 e. The number of nitrogens with zero attached hydrogens (tertiary/aromatic N) is 1. The van der Waals surface area contributed by atoms with Gasteiger partial charge in [-0.2, -0.15) is 0 Å². The molecule has 0 aliphatic heterocycles. The highest BCUT2D eigenvalue weighted by Crippen LogP contribution is 2.32. The lowest BCUT2D eigenvalue weighted by molar-refractivity contribution is 0.194. The van der Waals surface area contributed by atoms with Gasteiger partial charge >= 0.3 is 0 Å². The average Bonchev–Trinajstić information content (AvgIpc) is 2.64. The molecule has 2 N–H and O–H groups in total. The van der Waals surface area contributed by atoms with Crippen LogP contribution in [-0.2, 0) is 6.54 Å². The van der Waals surface area contributed by atoms with E-state index in [1.165, 1.54) is 24.1 Å². The lowest BCUT2D eigenvalue weighted by Gasteiger charge is -2.39. The molecule has 1 aliphatic rings. The zero-order valence-electron chi connectivity index (χ0n) is 9.41. The smallest absolute Gasteiger partial charge is 0.0324 e. The Hall–Kier alpha value is -0.380. The zero-order chi connectivity index (χ0) is 10.7. The van der Waals surface area contributed by atoms with Crippen LogP contribution in [0.5, 0.6) is 0 Å². The molecule has 0 atom stereocenters. The van der Waals surface area contributed by atoms with E-state index >= 15 is 0 Å². The summed E-state index contributed by atoms with van der Waals surface area (Å²) in [6.07, 6.45) is 4.92. The topological polar surface area (TPSA) is 29.3 Å². The van der Waals surface area contributed by atoms with Gasteiger partial charge in [0.25, 0.3) is 0 Å². The van der Waals surface area contributed by atoms with Crippen molar-refractivity contribution in [2.45, 2.75) is 37.8 Å². The van der Waals surface area contributed by atoms with E-state index in [-0.39, 0.29) is 5.54 Å². The van der Waals surface area contributed by atoms with E-state index in [4.69, 9.17) is 5.73 Å². The predicted molar refractivity (Wildman–Crippen MR) is 66.0 cm³/mol. The van der Waals surface area contributed by atoms with Crippen LogP contribution in [0.15, 0.2) is 17.5 Å². The maximum absolute atomic E-state index is 6.20. The van der Waals surface area contributed by atoms with E-state index in [2.05, 4.69) is 29.5 Å². The second-order valence-electron chi connectivity index (χ2n) is 4.78. The summed E-state index contributed by atoms with van der Waals surface area (Å²) in [7, 11) is 2.18. The highest BCUT2D eigenvalue weighted by Gasteiger charge is 2.31. The maximum atomic E-state index is 6.20. The second kappa shape index (κ2) is 4.64. The van der Waals surface area contributed by atoms with Crippen LogP contribution in [-0.4, -0.2) is 24.0 Å². The van der Waals surface area contributed by atoms with Crippen molar-refractivity contribution in [2.24, 2.45) is 5.73 Å². The quantitative estimate of drug-likeness (QED) is 0.832. The van der Waals surface area contributed by atoms with E-state index in [9.17, 15) is 0 Å². The molecule has 84 valence electrons. The van der Waals surface area contributed by atoms with Crippen LogP contribution in [0.25, 0.3) is 0 Å². The van der Waals surface area contributed by atoms with Crippen LogP contribution in [0.1, 0.15) is 30.6 Å². The van der Waals surface area contributed by atoms with Gasteiger partial charge in [-0.05, 0) is 50.7 Å². The molecule has 0 unspecified atom stereocenters. The summed E-state index contributed by atoms with van der Waals surface area (Å²) < 4.78 is 0. The van der Waals surface area contributed by atoms with E-state index in [0.29, 0.717) is 0 Å². The van der Waals surface area contributed by atoms with Crippen molar-refractivity contribution in [2.75, 3.05) is 13.6 Å². The van der Waals surface area contributed by atoms with E-state index < -0.39 is 0 Å². The molecular formula is C12H20N2S. The van der Waals surface area contributed by atoms with Crippen molar-refractivity contribution < 1.29 is 0 Å². The molecule has 1 heterocycles. The summed E-state index contributed by atoms with van der Waals surface area (Å²) in [6.45, 7) is 2.18. The van der Waals surface area contributed by atoms with Crippen molar-refractivity contribution in [3.8, 4) is 0 Å². The molecule has 0 amide bonds. The molecule has 1 aromatic heterocycles. The number of hydrogen-bond acceptors (Lipinski definition) is 3. The fraction of sp³-hybridized carbons (Fsp3) is 0.667. The normalized spacial score (nSPS) is 19.1. The van der Waals surface area contributed by atoms with Gasteiger partial charge in [-0.1, -0.05) is 6.07 Å². The lowest BCUT2D eigenvalue weighted by atomic mass is 9.75. The fourth-order valence-electron chi connectivity index (χ4n) is 2.04. The van der Waals surface area contributed by atoms with Crippen LogP contribution < -0.4 is 5.73 Å². The van der Waals surface area contributed by atoms with Crippen LogP contribution in [0, 0.1) is 0 Å². The maximum Gasteiger partial charge on any atom is 0.0324 e. The molecule has 1 saturated carbocycles. The highest BCUT2D eigenvalue weighted by atomic mass is 32.1. The molecule has 1 fully saturated rings. The predicted octanol–water partition coefficient (Wildman–Crippen LogP) is 2.45. The Labute approximate surface area is 96.1 Å². The summed E-state index contributed by atoms with van der Waals surface area (Å²) in [5.74, 6) is 0. The van der Waals surface area contributed by atoms with Gasteiger partial charge in [0.05, 0.1) is 0 Å². The second-order valence-corrected chi connectivity index (χ2v) is 5.82.